The Morgan fingerprint density at radius 3 is 1.70 bits per heavy atom. The van der Waals surface area contributed by atoms with Crippen LogP contribution in [-0.2, 0) is 17.9 Å². The number of hydrogen-bond acceptors (Lipinski definition) is 3. The van der Waals surface area contributed by atoms with Crippen molar-refractivity contribution in [2.24, 2.45) is 0 Å². The summed E-state index contributed by atoms with van der Waals surface area (Å²) in [6.45, 7) is 16.9. The van der Waals surface area contributed by atoms with Gasteiger partial charge in [0, 0.05) is 0 Å². The number of rotatable bonds is 6. The van der Waals surface area contributed by atoms with E-state index in [2.05, 4.69) is 106 Å². The Bertz CT molecular complexity index is 1280. The predicted octanol–water partition coefficient (Wildman–Crippen LogP) is 8.18. The van der Waals surface area contributed by atoms with Gasteiger partial charge in [0.2, 0.25) is 0 Å². The zero-order valence-corrected chi connectivity index (χ0v) is 25.8. The molecule has 0 amide bonds. The quantitative estimate of drug-likeness (QED) is 0.258. The van der Waals surface area contributed by atoms with Gasteiger partial charge < -0.3 is 0 Å². The normalized spacial score (nSPS) is 14.3. The van der Waals surface area contributed by atoms with E-state index in [0.29, 0.717) is 15.8 Å². The molecule has 0 N–H and O–H groups in total. The van der Waals surface area contributed by atoms with E-state index in [1.165, 1.54) is 44.8 Å². The molecule has 0 aromatic heterocycles. The van der Waals surface area contributed by atoms with E-state index in [0.717, 1.165) is 24.5 Å². The van der Waals surface area contributed by atoms with Crippen LogP contribution in [0.15, 0.2) is 48.3 Å². The second kappa shape index (κ2) is 11.3. The molecule has 0 spiro atoms. The van der Waals surface area contributed by atoms with Crippen molar-refractivity contribution >= 4 is 39.2 Å². The van der Waals surface area contributed by atoms with Crippen molar-refractivity contribution in [3.63, 3.8) is 0 Å². The van der Waals surface area contributed by atoms with Crippen LogP contribution in [-0.4, -0.2) is 23.8 Å². The number of hydrogen-bond donors (Lipinski definition) is 0. The Labute approximate surface area is 241 Å². The first kappa shape index (κ1) is 27.9. The number of benzene rings is 3. The van der Waals surface area contributed by atoms with Crippen molar-refractivity contribution in [1.29, 1.82) is 0 Å². The summed E-state index contributed by atoms with van der Waals surface area (Å²) in [4.78, 5) is 4.87. The number of anilines is 2. The molecule has 196 valence electrons. The molecule has 3 aromatic rings. The summed E-state index contributed by atoms with van der Waals surface area (Å²) in [7, 11) is 0. The molecule has 0 aliphatic carbocycles. The second-order valence-electron chi connectivity index (χ2n) is 10.0. The molecule has 6 heteroatoms. The van der Waals surface area contributed by atoms with Crippen LogP contribution in [0.4, 0.5) is 11.4 Å². The predicted molar refractivity (Wildman–Crippen MR) is 156 cm³/mol. The molecule has 0 radical (unpaired) electrons. The van der Waals surface area contributed by atoms with Crippen LogP contribution < -0.4 is 14.5 Å². The summed E-state index contributed by atoms with van der Waals surface area (Å²) < 4.78 is 8.37. The standard InChI is InChI=1S/C31H34Cl2N2O.Ru/c1-18-13-21(4)29(22(5)14-18)34-11-12-35(30-23(6)15-19(2)16-24(30)7)27(34)17-25(8)36-31-20(3)9-10-26(32)28(31)33;/h3,9-10,13-17,25H,11-12H2,1-2,4-8H3;. The van der Waals surface area contributed by atoms with Crippen molar-refractivity contribution in [3.05, 3.63) is 97.3 Å². The Hall–Kier alpha value is -2.13. The Morgan fingerprint density at radius 1 is 0.811 bits per heavy atom. The van der Waals surface area contributed by atoms with Gasteiger partial charge in [-0.1, -0.05) is 0 Å². The minimum absolute atomic E-state index is 0.253. The van der Waals surface area contributed by atoms with Gasteiger partial charge in [-0.3, -0.25) is 0 Å². The third-order valence-corrected chi connectivity index (χ3v) is 8.12. The fourth-order valence-electron chi connectivity index (χ4n) is 5.58. The number of aryl methyl sites for hydroxylation is 6. The molecule has 37 heavy (non-hydrogen) atoms. The van der Waals surface area contributed by atoms with Gasteiger partial charge in [0.1, 0.15) is 0 Å². The number of ether oxygens (including phenoxy) is 1. The third-order valence-electron chi connectivity index (χ3n) is 6.79. The van der Waals surface area contributed by atoms with Gasteiger partial charge in [0.15, 0.2) is 0 Å². The first-order valence-electron chi connectivity index (χ1n) is 12.5. The van der Waals surface area contributed by atoms with Gasteiger partial charge in [-0.15, -0.1) is 0 Å². The summed E-state index contributed by atoms with van der Waals surface area (Å²) in [6.07, 6.45) is 1.95. The third kappa shape index (κ3) is 5.67. The van der Waals surface area contributed by atoms with Crippen LogP contribution in [0.1, 0.15) is 45.9 Å². The molecule has 3 aromatic carbocycles. The van der Waals surface area contributed by atoms with Gasteiger partial charge in [0.05, 0.1) is 0 Å². The van der Waals surface area contributed by atoms with Gasteiger partial charge in [-0.25, -0.2) is 0 Å². The molecule has 0 saturated carbocycles. The Kier molecular flexibility index (Phi) is 8.53. The first-order valence-corrected chi connectivity index (χ1v) is 14.3. The SMILES string of the molecule is Cc1cc(C)c(N2CCN(c3c(C)cc(C)cc3C)C2=CC(C)Oc2c([CH]=[Ru])ccc(Cl)c2Cl)c(C)c1. The van der Waals surface area contributed by atoms with Crippen molar-refractivity contribution in [3.8, 4) is 5.75 Å². The molecule has 1 aliphatic heterocycles. The Balaban J connectivity index is 1.83. The minimum atomic E-state index is -0.253. The zero-order valence-electron chi connectivity index (χ0n) is 22.5. The molecule has 0 bridgehead atoms. The molecule has 4 rings (SSSR count). The summed E-state index contributed by atoms with van der Waals surface area (Å²) in [5.41, 5.74) is 11.1. The van der Waals surface area contributed by atoms with Crippen LogP contribution in [0.25, 0.3) is 0 Å². The van der Waals surface area contributed by atoms with Crippen molar-refractivity contribution in [2.75, 3.05) is 22.9 Å². The fourth-order valence-corrected chi connectivity index (χ4v) is 6.34. The second-order valence-corrected chi connectivity index (χ2v) is 11.3. The maximum atomic E-state index is 6.57. The summed E-state index contributed by atoms with van der Waals surface area (Å²) in [6, 6.07) is 12.8. The topological polar surface area (TPSA) is 15.7 Å². The van der Waals surface area contributed by atoms with E-state index in [9.17, 15) is 0 Å². The van der Waals surface area contributed by atoms with E-state index in [-0.39, 0.29) is 6.10 Å². The molecule has 1 aliphatic rings. The van der Waals surface area contributed by atoms with E-state index < -0.39 is 0 Å². The molecule has 1 unspecified atom stereocenters. The molecule has 1 fully saturated rings. The average molecular weight is 623 g/mol. The first-order chi connectivity index (χ1) is 17.5. The number of halogens is 2. The monoisotopic (exact) mass is 622 g/mol. The van der Waals surface area contributed by atoms with E-state index in [4.69, 9.17) is 27.9 Å². The summed E-state index contributed by atoms with van der Waals surface area (Å²) in [5.74, 6) is 1.71. The van der Waals surface area contributed by atoms with Crippen LogP contribution >= 0.6 is 23.2 Å². The average Bonchev–Trinajstić information content (AvgIpc) is 3.18. The fraction of sp³-hybridized carbons (Fsp3) is 0.323. The van der Waals surface area contributed by atoms with Gasteiger partial charge >= 0.3 is 228 Å². The maximum absolute atomic E-state index is 6.57. The van der Waals surface area contributed by atoms with Gasteiger partial charge in [-0.05, 0) is 13.8 Å². The van der Waals surface area contributed by atoms with E-state index in [1.807, 2.05) is 10.7 Å². The van der Waals surface area contributed by atoms with Crippen LogP contribution in [0.3, 0.4) is 0 Å². The molecule has 1 atom stereocenters. The molecular formula is C31H34Cl2N2ORu. The van der Waals surface area contributed by atoms with Crippen molar-refractivity contribution < 1.29 is 22.6 Å². The van der Waals surface area contributed by atoms with Gasteiger partial charge in [-0.2, -0.15) is 0 Å². The van der Waals surface area contributed by atoms with E-state index in [1.54, 1.807) is 6.07 Å². The van der Waals surface area contributed by atoms with Crippen molar-refractivity contribution in [1.82, 2.24) is 0 Å². The van der Waals surface area contributed by atoms with Crippen molar-refractivity contribution in [2.45, 2.75) is 54.6 Å². The van der Waals surface area contributed by atoms with Gasteiger partial charge in [0.25, 0.3) is 0 Å². The number of nitrogens with zero attached hydrogens (tertiary/aromatic N) is 2. The summed E-state index contributed by atoms with van der Waals surface area (Å²) >= 11 is 15.4. The molecule has 3 nitrogen and oxygen atoms in total. The van der Waals surface area contributed by atoms with Crippen LogP contribution in [0.5, 0.6) is 5.75 Å². The Morgan fingerprint density at radius 2 is 1.27 bits per heavy atom. The molecular weight excluding hydrogens is 588 g/mol. The van der Waals surface area contributed by atoms with E-state index >= 15 is 0 Å². The zero-order chi connectivity index (χ0) is 27.0. The summed E-state index contributed by atoms with van der Waals surface area (Å²) in [5, 5.41) is 0.913. The van der Waals surface area contributed by atoms with Crippen LogP contribution in [0, 0.1) is 41.5 Å². The molecule has 1 heterocycles. The molecule has 1 saturated heterocycles. The van der Waals surface area contributed by atoms with Crippen LogP contribution in [0.2, 0.25) is 10.0 Å².